The van der Waals surface area contributed by atoms with Gasteiger partial charge in [0.15, 0.2) is 5.78 Å². The summed E-state index contributed by atoms with van der Waals surface area (Å²) in [6.07, 6.45) is 5.08. The van der Waals surface area contributed by atoms with Crippen molar-refractivity contribution in [2.75, 3.05) is 19.6 Å². The van der Waals surface area contributed by atoms with Crippen LogP contribution < -0.4 is 0 Å². The fourth-order valence-corrected chi connectivity index (χ4v) is 3.00. The maximum Gasteiger partial charge on any atom is 0.176 e. The number of hydrogen-bond donors (Lipinski definition) is 0. The lowest BCUT2D eigenvalue weighted by Gasteiger charge is -2.19. The summed E-state index contributed by atoms with van der Waals surface area (Å²) in [7, 11) is 0. The predicted molar refractivity (Wildman–Crippen MR) is 84.3 cm³/mol. The maximum absolute atomic E-state index is 12.4. The summed E-state index contributed by atoms with van der Waals surface area (Å²) in [5, 5.41) is 0. The Kier molecular flexibility index (Phi) is 5.36. The molecule has 0 aromatic heterocycles. The summed E-state index contributed by atoms with van der Waals surface area (Å²) in [5.74, 6) is 1.12. The molecule has 110 valence electrons. The minimum absolute atomic E-state index is 0.267. The van der Waals surface area contributed by atoms with Crippen LogP contribution in [0.5, 0.6) is 0 Å². The van der Waals surface area contributed by atoms with Crippen molar-refractivity contribution < 1.29 is 4.79 Å². The van der Waals surface area contributed by atoms with Crippen molar-refractivity contribution in [3.05, 3.63) is 34.9 Å². The molecule has 2 nitrogen and oxygen atoms in total. The monoisotopic (exact) mass is 273 g/mol. The molecule has 1 heterocycles. The molecule has 0 spiro atoms. The van der Waals surface area contributed by atoms with Gasteiger partial charge in [-0.2, -0.15) is 0 Å². The van der Waals surface area contributed by atoms with E-state index < -0.39 is 0 Å². The maximum atomic E-state index is 12.4. The van der Waals surface area contributed by atoms with Gasteiger partial charge in [-0.3, -0.25) is 9.69 Å². The van der Waals surface area contributed by atoms with Crippen molar-refractivity contribution in [3.63, 3.8) is 0 Å². The minimum Gasteiger partial charge on any atom is -0.296 e. The van der Waals surface area contributed by atoms with Crippen molar-refractivity contribution in [2.24, 2.45) is 5.92 Å². The van der Waals surface area contributed by atoms with Crippen LogP contribution in [0.25, 0.3) is 0 Å². The van der Waals surface area contributed by atoms with Crippen LogP contribution >= 0.6 is 0 Å². The van der Waals surface area contributed by atoms with Gasteiger partial charge in [-0.1, -0.05) is 25.5 Å². The van der Waals surface area contributed by atoms with E-state index in [1.54, 1.807) is 0 Å². The van der Waals surface area contributed by atoms with Crippen molar-refractivity contribution >= 4 is 5.78 Å². The highest BCUT2D eigenvalue weighted by atomic mass is 16.1. The van der Waals surface area contributed by atoms with Crippen molar-refractivity contribution in [1.29, 1.82) is 0 Å². The Morgan fingerprint density at radius 2 is 2.00 bits per heavy atom. The molecule has 0 radical (unpaired) electrons. The zero-order valence-electron chi connectivity index (χ0n) is 13.1. The van der Waals surface area contributed by atoms with Gasteiger partial charge in [-0.05, 0) is 69.3 Å². The van der Waals surface area contributed by atoms with Gasteiger partial charge in [0.05, 0.1) is 6.54 Å². The van der Waals surface area contributed by atoms with Crippen LogP contribution in [0.3, 0.4) is 0 Å². The lowest BCUT2D eigenvalue weighted by molar-refractivity contribution is 0.0932. The molecule has 0 amide bonds. The van der Waals surface area contributed by atoms with Crippen molar-refractivity contribution in [2.45, 2.75) is 46.5 Å². The molecule has 2 rings (SSSR count). The zero-order chi connectivity index (χ0) is 14.5. The second-order valence-electron chi connectivity index (χ2n) is 6.20. The SMILES string of the molecule is CCC1CCCN(CC(=O)c2ccc(C)c(C)c2)CC1. The molecular weight excluding hydrogens is 246 g/mol. The molecule has 1 unspecified atom stereocenters. The van der Waals surface area contributed by atoms with Gasteiger partial charge in [0.1, 0.15) is 0 Å². The summed E-state index contributed by atoms with van der Waals surface area (Å²) in [5.41, 5.74) is 3.32. The van der Waals surface area contributed by atoms with Crippen LogP contribution in [0.2, 0.25) is 0 Å². The number of likely N-dealkylation sites (tertiary alicyclic amines) is 1. The van der Waals surface area contributed by atoms with Gasteiger partial charge in [-0.15, -0.1) is 0 Å². The first-order valence-electron chi connectivity index (χ1n) is 7.93. The highest BCUT2D eigenvalue weighted by Crippen LogP contribution is 2.20. The van der Waals surface area contributed by atoms with E-state index in [1.165, 1.54) is 36.8 Å². The van der Waals surface area contributed by atoms with Crippen LogP contribution in [0.4, 0.5) is 0 Å². The van der Waals surface area contributed by atoms with Gasteiger partial charge in [0, 0.05) is 5.56 Å². The molecule has 1 aromatic carbocycles. The van der Waals surface area contributed by atoms with Crippen LogP contribution in [0.1, 0.15) is 54.1 Å². The molecule has 1 aliphatic heterocycles. The highest BCUT2D eigenvalue weighted by molar-refractivity contribution is 5.97. The Bertz CT molecular complexity index is 466. The summed E-state index contributed by atoms with van der Waals surface area (Å²) in [6.45, 7) is 9.18. The Balaban J connectivity index is 1.95. The lowest BCUT2D eigenvalue weighted by Crippen LogP contribution is -2.31. The molecule has 1 aliphatic rings. The van der Waals surface area contributed by atoms with E-state index in [0.29, 0.717) is 6.54 Å². The number of carbonyl (C=O) groups is 1. The molecule has 0 bridgehead atoms. The number of nitrogens with zero attached hydrogens (tertiary/aromatic N) is 1. The third kappa shape index (κ3) is 3.92. The number of benzene rings is 1. The number of rotatable bonds is 4. The number of hydrogen-bond acceptors (Lipinski definition) is 2. The van der Waals surface area contributed by atoms with Crippen LogP contribution in [0, 0.1) is 19.8 Å². The zero-order valence-corrected chi connectivity index (χ0v) is 13.1. The summed E-state index contributed by atoms with van der Waals surface area (Å²) < 4.78 is 0. The average molecular weight is 273 g/mol. The molecule has 1 fully saturated rings. The minimum atomic E-state index is 0.267. The van der Waals surface area contributed by atoms with E-state index in [-0.39, 0.29) is 5.78 Å². The van der Waals surface area contributed by atoms with Gasteiger partial charge in [0.2, 0.25) is 0 Å². The van der Waals surface area contributed by atoms with Gasteiger partial charge in [-0.25, -0.2) is 0 Å². The first kappa shape index (κ1) is 15.2. The molecular formula is C18H27NO. The average Bonchev–Trinajstić information content (AvgIpc) is 2.67. The van der Waals surface area contributed by atoms with E-state index in [2.05, 4.69) is 31.7 Å². The standard InChI is InChI=1S/C18H27NO/c1-4-16-6-5-10-19(11-9-16)13-18(20)17-8-7-14(2)15(3)12-17/h7-8,12,16H,4-6,9-11,13H2,1-3H3. The van der Waals surface area contributed by atoms with Crippen LogP contribution in [0.15, 0.2) is 18.2 Å². The number of Topliss-reactive ketones (excluding diaryl/α,β-unsaturated/α-hetero) is 1. The third-order valence-corrected chi connectivity index (χ3v) is 4.71. The van der Waals surface area contributed by atoms with E-state index >= 15 is 0 Å². The van der Waals surface area contributed by atoms with Gasteiger partial charge < -0.3 is 0 Å². The molecule has 0 N–H and O–H groups in total. The van der Waals surface area contributed by atoms with E-state index in [4.69, 9.17) is 0 Å². The molecule has 0 saturated carbocycles. The van der Waals surface area contributed by atoms with Gasteiger partial charge >= 0.3 is 0 Å². The first-order valence-corrected chi connectivity index (χ1v) is 7.93. The molecule has 20 heavy (non-hydrogen) atoms. The van der Waals surface area contributed by atoms with Crippen molar-refractivity contribution in [1.82, 2.24) is 4.90 Å². The van der Waals surface area contributed by atoms with E-state index in [9.17, 15) is 4.79 Å². The van der Waals surface area contributed by atoms with E-state index in [0.717, 1.165) is 24.6 Å². The molecule has 1 aromatic rings. The third-order valence-electron chi connectivity index (χ3n) is 4.71. The fraction of sp³-hybridized carbons (Fsp3) is 0.611. The lowest BCUT2D eigenvalue weighted by atomic mass is 9.98. The molecule has 2 heteroatoms. The summed E-state index contributed by atoms with van der Waals surface area (Å²) in [6, 6.07) is 6.06. The first-order chi connectivity index (χ1) is 9.60. The fourth-order valence-electron chi connectivity index (χ4n) is 3.00. The normalized spacial score (nSPS) is 20.6. The Hall–Kier alpha value is -1.15. The highest BCUT2D eigenvalue weighted by Gasteiger charge is 2.18. The molecule has 0 aliphatic carbocycles. The quantitative estimate of drug-likeness (QED) is 0.773. The van der Waals surface area contributed by atoms with Gasteiger partial charge in [0.25, 0.3) is 0 Å². The largest absolute Gasteiger partial charge is 0.296 e. The van der Waals surface area contributed by atoms with Crippen LogP contribution in [-0.2, 0) is 0 Å². The summed E-state index contributed by atoms with van der Waals surface area (Å²) in [4.78, 5) is 14.7. The van der Waals surface area contributed by atoms with E-state index in [1.807, 2.05) is 12.1 Å². The topological polar surface area (TPSA) is 20.3 Å². The second kappa shape index (κ2) is 7.03. The van der Waals surface area contributed by atoms with Crippen LogP contribution in [-0.4, -0.2) is 30.3 Å². The smallest absolute Gasteiger partial charge is 0.176 e. The Morgan fingerprint density at radius 1 is 1.20 bits per heavy atom. The molecule has 1 saturated heterocycles. The predicted octanol–water partition coefficient (Wildman–Crippen LogP) is 4.00. The molecule has 1 atom stereocenters. The number of ketones is 1. The Labute approximate surface area is 123 Å². The number of aryl methyl sites for hydroxylation is 2. The van der Waals surface area contributed by atoms with Crippen molar-refractivity contribution in [3.8, 4) is 0 Å². The summed E-state index contributed by atoms with van der Waals surface area (Å²) >= 11 is 0. The Morgan fingerprint density at radius 3 is 2.70 bits per heavy atom. The second-order valence-corrected chi connectivity index (χ2v) is 6.20. The number of carbonyl (C=O) groups excluding carboxylic acids is 1.